The quantitative estimate of drug-likeness (QED) is 0.692. The van der Waals surface area contributed by atoms with Crippen molar-refractivity contribution in [1.82, 2.24) is 9.38 Å². The maximum atomic E-state index is 13.0. The van der Waals surface area contributed by atoms with Crippen LogP contribution in [0.4, 0.5) is 5.69 Å². The van der Waals surface area contributed by atoms with Crippen molar-refractivity contribution in [2.75, 3.05) is 5.32 Å². The first-order chi connectivity index (χ1) is 11.5. The number of halogens is 1. The molecule has 2 heterocycles. The van der Waals surface area contributed by atoms with Gasteiger partial charge in [-0.1, -0.05) is 31.5 Å². The van der Waals surface area contributed by atoms with E-state index in [4.69, 9.17) is 0 Å². The fourth-order valence-electron chi connectivity index (χ4n) is 2.83. The van der Waals surface area contributed by atoms with Crippen LogP contribution in [0, 0.1) is 13.8 Å². The molecule has 124 valence electrons. The largest absolute Gasteiger partial charge is 0.320 e. The molecule has 5 heteroatoms. The van der Waals surface area contributed by atoms with E-state index < -0.39 is 0 Å². The van der Waals surface area contributed by atoms with Crippen LogP contribution in [-0.2, 0) is 6.42 Å². The molecule has 0 bridgehead atoms. The van der Waals surface area contributed by atoms with Crippen LogP contribution < -0.4 is 5.32 Å². The SMILES string of the molecule is CCCc1nc2c(Br)cc(C)cn2c1C(=O)Nc1ccccc1C. The summed E-state index contributed by atoms with van der Waals surface area (Å²) in [4.78, 5) is 17.7. The highest BCUT2D eigenvalue weighted by molar-refractivity contribution is 9.10. The molecule has 3 aromatic rings. The molecule has 4 nitrogen and oxygen atoms in total. The molecule has 3 rings (SSSR count). The summed E-state index contributed by atoms with van der Waals surface area (Å²) in [5.41, 5.74) is 5.15. The molecule has 0 aliphatic heterocycles. The average Bonchev–Trinajstić information content (AvgIpc) is 2.88. The number of imidazole rings is 1. The number of fused-ring (bicyclic) bond motifs is 1. The van der Waals surface area contributed by atoms with Crippen LogP contribution in [-0.4, -0.2) is 15.3 Å². The summed E-state index contributed by atoms with van der Waals surface area (Å²) < 4.78 is 2.78. The first-order valence-corrected chi connectivity index (χ1v) is 8.84. The van der Waals surface area contributed by atoms with Gasteiger partial charge >= 0.3 is 0 Å². The zero-order valence-electron chi connectivity index (χ0n) is 14.1. The van der Waals surface area contributed by atoms with Gasteiger partial charge in [0.2, 0.25) is 0 Å². The van der Waals surface area contributed by atoms with E-state index >= 15 is 0 Å². The highest BCUT2D eigenvalue weighted by atomic mass is 79.9. The summed E-state index contributed by atoms with van der Waals surface area (Å²) in [7, 11) is 0. The van der Waals surface area contributed by atoms with Crippen LogP contribution in [0.3, 0.4) is 0 Å². The van der Waals surface area contributed by atoms with Crippen LogP contribution in [0.5, 0.6) is 0 Å². The summed E-state index contributed by atoms with van der Waals surface area (Å²) in [6.07, 6.45) is 3.66. The van der Waals surface area contributed by atoms with Crippen LogP contribution in [0.15, 0.2) is 41.0 Å². The van der Waals surface area contributed by atoms with Gasteiger partial charge in [0, 0.05) is 11.9 Å². The van der Waals surface area contributed by atoms with Crippen LogP contribution in [0.2, 0.25) is 0 Å². The third kappa shape index (κ3) is 3.08. The van der Waals surface area contributed by atoms with Crippen molar-refractivity contribution in [2.45, 2.75) is 33.6 Å². The molecular formula is C19H20BrN3O. The summed E-state index contributed by atoms with van der Waals surface area (Å²) in [6, 6.07) is 9.79. The molecule has 0 unspecified atom stereocenters. The van der Waals surface area contributed by atoms with Gasteiger partial charge in [-0.15, -0.1) is 0 Å². The topological polar surface area (TPSA) is 46.4 Å². The van der Waals surface area contributed by atoms with Gasteiger partial charge in [0.15, 0.2) is 5.65 Å². The Kier molecular flexibility index (Phi) is 4.71. The first kappa shape index (κ1) is 16.7. The van der Waals surface area contributed by atoms with Gasteiger partial charge in [0.1, 0.15) is 5.69 Å². The molecule has 1 aromatic carbocycles. The number of hydrogen-bond acceptors (Lipinski definition) is 2. The van der Waals surface area contributed by atoms with Gasteiger partial charge in [-0.3, -0.25) is 9.20 Å². The number of aromatic nitrogens is 2. The lowest BCUT2D eigenvalue weighted by Crippen LogP contribution is -2.17. The standard InChI is InChI=1S/C19H20BrN3O/c1-4-7-16-17(19(24)22-15-9-6-5-8-13(15)3)23-11-12(2)10-14(20)18(23)21-16/h5-6,8-11H,4,7H2,1-3H3,(H,22,24). The molecule has 0 aliphatic carbocycles. The molecule has 0 aliphatic rings. The third-order valence-corrected chi connectivity index (χ3v) is 4.56. The molecule has 0 radical (unpaired) electrons. The summed E-state index contributed by atoms with van der Waals surface area (Å²) in [6.45, 7) is 6.08. The van der Waals surface area contributed by atoms with Crippen molar-refractivity contribution in [2.24, 2.45) is 0 Å². The van der Waals surface area contributed by atoms with Crippen LogP contribution in [0.25, 0.3) is 5.65 Å². The lowest BCUT2D eigenvalue weighted by atomic mass is 10.1. The summed E-state index contributed by atoms with van der Waals surface area (Å²) in [5, 5.41) is 3.03. The average molecular weight is 386 g/mol. The molecule has 0 saturated heterocycles. The van der Waals surface area contributed by atoms with Gasteiger partial charge in [-0.05, 0) is 59.5 Å². The van der Waals surface area contributed by atoms with Crippen molar-refractivity contribution in [3.8, 4) is 0 Å². The highest BCUT2D eigenvalue weighted by Gasteiger charge is 2.20. The second-order valence-corrected chi connectivity index (χ2v) is 6.84. The predicted octanol–water partition coefficient (Wildman–Crippen LogP) is 4.92. The number of carbonyl (C=O) groups is 1. The number of aryl methyl sites for hydroxylation is 3. The number of carbonyl (C=O) groups excluding carboxylic acids is 1. The van der Waals surface area contributed by atoms with Crippen molar-refractivity contribution in [3.05, 3.63) is 63.5 Å². The van der Waals surface area contributed by atoms with E-state index in [0.29, 0.717) is 5.69 Å². The van der Waals surface area contributed by atoms with Crippen molar-refractivity contribution >= 4 is 33.2 Å². The Hall–Kier alpha value is -2.14. The Balaban J connectivity index is 2.11. The Morgan fingerprint density at radius 2 is 2.04 bits per heavy atom. The molecule has 1 N–H and O–H groups in total. The number of anilines is 1. The Labute approximate surface area is 150 Å². The fraction of sp³-hybridized carbons (Fsp3) is 0.263. The Morgan fingerprint density at radius 1 is 1.29 bits per heavy atom. The summed E-state index contributed by atoms with van der Waals surface area (Å²) >= 11 is 3.56. The zero-order valence-corrected chi connectivity index (χ0v) is 15.6. The molecule has 0 saturated carbocycles. The predicted molar refractivity (Wildman–Crippen MR) is 101 cm³/mol. The number of para-hydroxylation sites is 1. The van der Waals surface area contributed by atoms with E-state index in [9.17, 15) is 4.79 Å². The van der Waals surface area contributed by atoms with Gasteiger partial charge in [0.05, 0.1) is 10.2 Å². The van der Waals surface area contributed by atoms with Crippen molar-refractivity contribution in [1.29, 1.82) is 0 Å². The first-order valence-electron chi connectivity index (χ1n) is 8.05. The van der Waals surface area contributed by atoms with E-state index in [2.05, 4.69) is 33.2 Å². The number of rotatable bonds is 4. The Morgan fingerprint density at radius 3 is 2.75 bits per heavy atom. The molecular weight excluding hydrogens is 366 g/mol. The van der Waals surface area contributed by atoms with Crippen molar-refractivity contribution in [3.63, 3.8) is 0 Å². The molecule has 0 spiro atoms. The maximum absolute atomic E-state index is 13.0. The molecule has 2 aromatic heterocycles. The van der Waals surface area contributed by atoms with E-state index in [1.807, 2.05) is 54.8 Å². The molecule has 24 heavy (non-hydrogen) atoms. The second kappa shape index (κ2) is 6.77. The minimum absolute atomic E-state index is 0.127. The van der Waals surface area contributed by atoms with Gasteiger partial charge < -0.3 is 5.32 Å². The van der Waals surface area contributed by atoms with E-state index in [0.717, 1.165) is 45.5 Å². The lowest BCUT2D eigenvalue weighted by molar-refractivity contribution is 0.102. The number of nitrogens with one attached hydrogen (secondary N) is 1. The third-order valence-electron chi connectivity index (χ3n) is 3.98. The van der Waals surface area contributed by atoms with Crippen LogP contribution in [0.1, 0.15) is 40.7 Å². The summed E-state index contributed by atoms with van der Waals surface area (Å²) in [5.74, 6) is -0.127. The lowest BCUT2D eigenvalue weighted by Gasteiger charge is -2.10. The van der Waals surface area contributed by atoms with Gasteiger partial charge in [-0.25, -0.2) is 4.98 Å². The molecule has 0 fully saturated rings. The van der Waals surface area contributed by atoms with Crippen LogP contribution >= 0.6 is 15.9 Å². The number of nitrogens with zero attached hydrogens (tertiary/aromatic N) is 2. The fourth-order valence-corrected chi connectivity index (χ4v) is 3.47. The second-order valence-electron chi connectivity index (χ2n) is 5.99. The highest BCUT2D eigenvalue weighted by Crippen LogP contribution is 2.24. The van der Waals surface area contributed by atoms with Gasteiger partial charge in [0.25, 0.3) is 5.91 Å². The Bertz CT molecular complexity index is 914. The van der Waals surface area contributed by atoms with Crippen molar-refractivity contribution < 1.29 is 4.79 Å². The minimum atomic E-state index is -0.127. The van der Waals surface area contributed by atoms with E-state index in [-0.39, 0.29) is 5.91 Å². The van der Waals surface area contributed by atoms with E-state index in [1.165, 1.54) is 0 Å². The number of pyridine rings is 1. The number of benzene rings is 1. The van der Waals surface area contributed by atoms with E-state index in [1.54, 1.807) is 0 Å². The number of hydrogen-bond donors (Lipinski definition) is 1. The minimum Gasteiger partial charge on any atom is -0.320 e. The number of amides is 1. The smallest absolute Gasteiger partial charge is 0.274 e. The maximum Gasteiger partial charge on any atom is 0.274 e. The molecule has 0 atom stereocenters. The van der Waals surface area contributed by atoms with Gasteiger partial charge in [-0.2, -0.15) is 0 Å². The zero-order chi connectivity index (χ0) is 17.3. The normalized spacial score (nSPS) is 11.0. The molecule has 1 amide bonds. The monoisotopic (exact) mass is 385 g/mol.